The first-order valence-electron chi connectivity index (χ1n) is 5.35. The Labute approximate surface area is 110 Å². The zero-order chi connectivity index (χ0) is 12.0. The third-order valence-electron chi connectivity index (χ3n) is 1.91. The van der Waals surface area contributed by atoms with Crippen LogP contribution in [0.3, 0.4) is 0 Å². The topological polar surface area (TPSA) is 35.2 Å². The molecule has 0 fully saturated rings. The molecule has 1 rings (SSSR count). The number of rotatable bonds is 6. The van der Waals surface area contributed by atoms with E-state index < -0.39 is 0 Å². The number of benzene rings is 1. The Morgan fingerprint density at radius 1 is 1.44 bits per heavy atom. The molecule has 16 heavy (non-hydrogen) atoms. The van der Waals surface area contributed by atoms with Crippen LogP contribution in [0.25, 0.3) is 0 Å². The molecular weight excluding hydrogens is 286 g/mol. The average Bonchev–Trinajstić information content (AvgIpc) is 2.22. The average molecular weight is 304 g/mol. The lowest BCUT2D eigenvalue weighted by Gasteiger charge is -2.08. The summed E-state index contributed by atoms with van der Waals surface area (Å²) in [6, 6.07) is 5.92. The van der Waals surface area contributed by atoms with E-state index in [1.165, 1.54) is 0 Å². The van der Waals surface area contributed by atoms with Crippen molar-refractivity contribution in [2.75, 3.05) is 24.7 Å². The molecule has 0 spiro atoms. The fourth-order valence-electron chi connectivity index (χ4n) is 1.16. The maximum absolute atomic E-state index is 5.87. The molecule has 0 aliphatic rings. The van der Waals surface area contributed by atoms with Gasteiger partial charge in [0.25, 0.3) is 0 Å². The van der Waals surface area contributed by atoms with E-state index in [-0.39, 0.29) is 0 Å². The van der Waals surface area contributed by atoms with Crippen molar-refractivity contribution in [3.05, 3.63) is 22.7 Å². The standard InChI is InChI=1S/C12H18BrNOS/c1-9(2)8-15-5-6-16-12-7-10(13)3-4-11(12)14/h3-4,7,9H,5-6,8,14H2,1-2H3. The molecule has 0 aliphatic heterocycles. The molecule has 1 aromatic rings. The highest BCUT2D eigenvalue weighted by atomic mass is 79.9. The van der Waals surface area contributed by atoms with Crippen LogP contribution in [-0.4, -0.2) is 19.0 Å². The van der Waals surface area contributed by atoms with Crippen molar-refractivity contribution in [2.45, 2.75) is 18.7 Å². The fraction of sp³-hybridized carbons (Fsp3) is 0.500. The third-order valence-corrected chi connectivity index (χ3v) is 3.44. The molecule has 0 unspecified atom stereocenters. The lowest BCUT2D eigenvalue weighted by atomic mass is 10.2. The van der Waals surface area contributed by atoms with Gasteiger partial charge in [-0.15, -0.1) is 11.8 Å². The predicted molar refractivity (Wildman–Crippen MR) is 74.9 cm³/mol. The number of thioether (sulfide) groups is 1. The van der Waals surface area contributed by atoms with Gasteiger partial charge in [-0.3, -0.25) is 0 Å². The maximum atomic E-state index is 5.87. The van der Waals surface area contributed by atoms with E-state index in [2.05, 4.69) is 29.8 Å². The van der Waals surface area contributed by atoms with Crippen molar-refractivity contribution in [1.29, 1.82) is 0 Å². The summed E-state index contributed by atoms with van der Waals surface area (Å²) in [5, 5.41) is 0. The van der Waals surface area contributed by atoms with Crippen molar-refractivity contribution < 1.29 is 4.74 Å². The van der Waals surface area contributed by atoms with Gasteiger partial charge in [0.15, 0.2) is 0 Å². The lowest BCUT2D eigenvalue weighted by Crippen LogP contribution is -2.04. The summed E-state index contributed by atoms with van der Waals surface area (Å²) in [4.78, 5) is 1.11. The predicted octanol–water partition coefficient (Wildman–Crippen LogP) is 3.80. The van der Waals surface area contributed by atoms with Crippen molar-refractivity contribution in [3.63, 3.8) is 0 Å². The SMILES string of the molecule is CC(C)COCCSc1cc(Br)ccc1N. The van der Waals surface area contributed by atoms with Crippen LogP contribution < -0.4 is 5.73 Å². The molecule has 0 heterocycles. The summed E-state index contributed by atoms with van der Waals surface area (Å²) in [5.41, 5.74) is 6.70. The second kappa shape index (κ2) is 7.20. The number of nitrogens with two attached hydrogens (primary N) is 1. The number of anilines is 1. The van der Waals surface area contributed by atoms with Gasteiger partial charge in [0.05, 0.1) is 6.61 Å². The molecule has 0 radical (unpaired) electrons. The summed E-state index contributed by atoms with van der Waals surface area (Å²) in [6.45, 7) is 5.90. The van der Waals surface area contributed by atoms with Crippen LogP contribution in [0.4, 0.5) is 5.69 Å². The van der Waals surface area contributed by atoms with E-state index in [1.807, 2.05) is 18.2 Å². The van der Waals surface area contributed by atoms with Crippen molar-refractivity contribution in [1.82, 2.24) is 0 Å². The molecular formula is C12H18BrNOS. The van der Waals surface area contributed by atoms with Gasteiger partial charge in [-0.2, -0.15) is 0 Å². The van der Waals surface area contributed by atoms with Gasteiger partial charge in [0.1, 0.15) is 0 Å². The summed E-state index contributed by atoms with van der Waals surface area (Å²) in [5.74, 6) is 1.54. The summed E-state index contributed by atoms with van der Waals surface area (Å²) in [7, 11) is 0. The summed E-state index contributed by atoms with van der Waals surface area (Å²) >= 11 is 5.17. The van der Waals surface area contributed by atoms with E-state index in [9.17, 15) is 0 Å². The van der Waals surface area contributed by atoms with E-state index >= 15 is 0 Å². The van der Waals surface area contributed by atoms with Crippen LogP contribution in [0.5, 0.6) is 0 Å². The first-order valence-corrected chi connectivity index (χ1v) is 7.13. The highest BCUT2D eigenvalue weighted by Crippen LogP contribution is 2.27. The Kier molecular flexibility index (Phi) is 6.24. The molecule has 2 nitrogen and oxygen atoms in total. The van der Waals surface area contributed by atoms with E-state index in [1.54, 1.807) is 11.8 Å². The van der Waals surface area contributed by atoms with Gasteiger partial charge in [-0.05, 0) is 24.1 Å². The molecule has 0 aromatic heterocycles. The van der Waals surface area contributed by atoms with Crippen LogP contribution in [0.2, 0.25) is 0 Å². The Morgan fingerprint density at radius 2 is 2.19 bits per heavy atom. The molecule has 1 aromatic carbocycles. The zero-order valence-electron chi connectivity index (χ0n) is 9.70. The van der Waals surface area contributed by atoms with Gasteiger partial charge < -0.3 is 10.5 Å². The minimum Gasteiger partial charge on any atom is -0.398 e. The summed E-state index contributed by atoms with van der Waals surface area (Å²) < 4.78 is 6.58. The van der Waals surface area contributed by atoms with Crippen LogP contribution >= 0.6 is 27.7 Å². The quantitative estimate of drug-likeness (QED) is 0.493. The van der Waals surface area contributed by atoms with Gasteiger partial charge in [0, 0.05) is 27.4 Å². The molecule has 0 aliphatic carbocycles. The van der Waals surface area contributed by atoms with E-state index in [4.69, 9.17) is 10.5 Å². The first kappa shape index (κ1) is 13.9. The number of hydrogen-bond donors (Lipinski definition) is 1. The van der Waals surface area contributed by atoms with Crippen molar-refractivity contribution in [3.8, 4) is 0 Å². The molecule has 0 bridgehead atoms. The highest BCUT2D eigenvalue weighted by molar-refractivity contribution is 9.10. The third kappa shape index (κ3) is 5.23. The molecule has 0 saturated carbocycles. The molecule has 4 heteroatoms. The summed E-state index contributed by atoms with van der Waals surface area (Å²) in [6.07, 6.45) is 0. The Hall–Kier alpha value is -0.190. The molecule has 0 atom stereocenters. The molecule has 90 valence electrons. The lowest BCUT2D eigenvalue weighted by molar-refractivity contribution is 0.124. The monoisotopic (exact) mass is 303 g/mol. The second-order valence-electron chi connectivity index (χ2n) is 4.00. The molecule has 0 amide bonds. The van der Waals surface area contributed by atoms with E-state index in [0.717, 1.165) is 34.0 Å². The second-order valence-corrected chi connectivity index (χ2v) is 6.05. The maximum Gasteiger partial charge on any atom is 0.0560 e. The minimum atomic E-state index is 0.598. The van der Waals surface area contributed by atoms with Crippen LogP contribution in [-0.2, 0) is 4.74 Å². The number of hydrogen-bond acceptors (Lipinski definition) is 3. The van der Waals surface area contributed by atoms with Crippen LogP contribution in [0.1, 0.15) is 13.8 Å². The number of ether oxygens (including phenoxy) is 1. The minimum absolute atomic E-state index is 0.598. The normalized spacial score (nSPS) is 11.0. The largest absolute Gasteiger partial charge is 0.398 e. The number of halogens is 1. The smallest absolute Gasteiger partial charge is 0.0560 e. The fourth-order valence-corrected chi connectivity index (χ4v) is 2.54. The zero-order valence-corrected chi connectivity index (χ0v) is 12.1. The van der Waals surface area contributed by atoms with Gasteiger partial charge in [-0.25, -0.2) is 0 Å². The molecule has 2 N–H and O–H groups in total. The van der Waals surface area contributed by atoms with Gasteiger partial charge >= 0.3 is 0 Å². The van der Waals surface area contributed by atoms with Gasteiger partial charge in [-0.1, -0.05) is 29.8 Å². The Bertz CT molecular complexity index is 331. The van der Waals surface area contributed by atoms with Crippen molar-refractivity contribution in [2.24, 2.45) is 5.92 Å². The highest BCUT2D eigenvalue weighted by Gasteiger charge is 2.01. The Balaban J connectivity index is 2.29. The van der Waals surface area contributed by atoms with E-state index in [0.29, 0.717) is 5.92 Å². The Morgan fingerprint density at radius 3 is 2.88 bits per heavy atom. The number of nitrogen functional groups attached to an aromatic ring is 1. The van der Waals surface area contributed by atoms with Crippen molar-refractivity contribution >= 4 is 33.4 Å². The van der Waals surface area contributed by atoms with Crippen LogP contribution in [0.15, 0.2) is 27.6 Å². The molecule has 0 saturated heterocycles. The van der Waals surface area contributed by atoms with Crippen LogP contribution in [0, 0.1) is 5.92 Å². The van der Waals surface area contributed by atoms with Gasteiger partial charge in [0.2, 0.25) is 0 Å². The first-order chi connectivity index (χ1) is 7.59.